The van der Waals surface area contributed by atoms with Crippen LogP contribution in [0.5, 0.6) is 0 Å². The van der Waals surface area contributed by atoms with E-state index in [1.807, 2.05) is 6.92 Å². The number of carbonyl (C=O) groups excluding carboxylic acids is 1. The number of hydrogen-bond donors (Lipinski definition) is 0. The average molecular weight is 296 g/mol. The van der Waals surface area contributed by atoms with Gasteiger partial charge in [0.15, 0.2) is 0 Å². The maximum atomic E-state index is 11.4. The minimum atomic E-state index is -3.95. The highest BCUT2D eigenvalue weighted by atomic mass is 35.7. The molecule has 0 heterocycles. The normalized spacial score (nSPS) is 11.3. The van der Waals surface area contributed by atoms with Crippen molar-refractivity contribution in [2.75, 3.05) is 4.42 Å². The van der Waals surface area contributed by atoms with Crippen LogP contribution in [0.15, 0.2) is 23.1 Å². The van der Waals surface area contributed by atoms with Crippen molar-refractivity contribution in [1.29, 1.82) is 0 Å². The number of para-hydroxylation sites is 1. The molecular weight excluding hydrogens is 285 g/mol. The molecule has 94 valence electrons. The van der Waals surface area contributed by atoms with Crippen molar-refractivity contribution in [2.45, 2.75) is 25.2 Å². The van der Waals surface area contributed by atoms with Crippen LogP contribution in [0.1, 0.15) is 19.4 Å². The predicted octanol–water partition coefficient (Wildman–Crippen LogP) is 2.68. The average Bonchev–Trinajstić information content (AvgIpc) is 2.25. The van der Waals surface area contributed by atoms with Gasteiger partial charge < -0.3 is 0 Å². The lowest BCUT2D eigenvalue weighted by Crippen LogP contribution is -2.20. The molecule has 0 fully saturated rings. The number of amides is 1. The van der Waals surface area contributed by atoms with E-state index in [2.05, 4.69) is 0 Å². The number of carbonyl (C=O) groups is 1. The molecule has 0 atom stereocenters. The minimum Gasteiger partial charge on any atom is -0.274 e. The highest BCUT2D eigenvalue weighted by molar-refractivity contribution is 8.13. The van der Waals surface area contributed by atoms with Crippen molar-refractivity contribution in [3.63, 3.8) is 0 Å². The second-order valence-corrected chi connectivity index (χ2v) is 6.23. The van der Waals surface area contributed by atoms with Gasteiger partial charge in [-0.05, 0) is 18.1 Å². The second kappa shape index (κ2) is 5.25. The third-order valence-corrected chi connectivity index (χ3v) is 3.96. The van der Waals surface area contributed by atoms with Crippen molar-refractivity contribution in [1.82, 2.24) is 0 Å². The van der Waals surface area contributed by atoms with Crippen LogP contribution in [0.2, 0.25) is 0 Å². The first kappa shape index (κ1) is 14.3. The van der Waals surface area contributed by atoms with Gasteiger partial charge >= 0.3 is 0 Å². The summed E-state index contributed by atoms with van der Waals surface area (Å²) in [6.07, 6.45) is 0.534. The summed E-state index contributed by atoms with van der Waals surface area (Å²) in [4.78, 5) is 11.1. The smallest absolute Gasteiger partial charge is 0.263 e. The molecule has 0 bridgehead atoms. The van der Waals surface area contributed by atoms with Gasteiger partial charge in [-0.1, -0.05) is 19.1 Å². The SMILES string of the molecule is CCc1cccc(S(=O)(=O)Cl)c1N(Cl)C(C)=O. The first-order chi connectivity index (χ1) is 7.79. The number of benzene rings is 1. The van der Waals surface area contributed by atoms with Crippen LogP contribution in [0.25, 0.3) is 0 Å². The van der Waals surface area contributed by atoms with Crippen LogP contribution in [-0.2, 0) is 20.3 Å². The Bertz CT molecular complexity index is 542. The number of rotatable bonds is 3. The van der Waals surface area contributed by atoms with Crippen LogP contribution in [0, 0.1) is 0 Å². The van der Waals surface area contributed by atoms with Crippen LogP contribution in [-0.4, -0.2) is 14.3 Å². The summed E-state index contributed by atoms with van der Waals surface area (Å²) >= 11 is 5.80. The van der Waals surface area contributed by atoms with Crippen LogP contribution >= 0.6 is 22.5 Å². The molecule has 17 heavy (non-hydrogen) atoms. The number of nitrogens with zero attached hydrogens (tertiary/aromatic N) is 1. The number of hydrogen-bond acceptors (Lipinski definition) is 3. The van der Waals surface area contributed by atoms with E-state index in [4.69, 9.17) is 22.5 Å². The number of aryl methyl sites for hydroxylation is 1. The van der Waals surface area contributed by atoms with E-state index in [1.54, 1.807) is 12.1 Å². The molecule has 0 aliphatic rings. The molecular formula is C10H11Cl2NO3S. The molecule has 0 saturated heterocycles. The fraction of sp³-hybridized carbons (Fsp3) is 0.300. The Morgan fingerprint density at radius 1 is 1.41 bits per heavy atom. The lowest BCUT2D eigenvalue weighted by atomic mass is 10.1. The molecule has 0 aromatic heterocycles. The Labute approximate surface area is 110 Å². The van der Waals surface area contributed by atoms with E-state index >= 15 is 0 Å². The van der Waals surface area contributed by atoms with E-state index in [0.29, 0.717) is 12.0 Å². The van der Waals surface area contributed by atoms with Crippen molar-refractivity contribution in [3.8, 4) is 0 Å². The van der Waals surface area contributed by atoms with Gasteiger partial charge in [-0.25, -0.2) is 12.8 Å². The van der Waals surface area contributed by atoms with Gasteiger partial charge in [-0.2, -0.15) is 0 Å². The molecule has 0 spiro atoms. The minimum absolute atomic E-state index is 0.124. The topological polar surface area (TPSA) is 54.5 Å². The van der Waals surface area contributed by atoms with Crippen molar-refractivity contribution in [2.24, 2.45) is 0 Å². The summed E-state index contributed by atoms with van der Waals surface area (Å²) in [5.74, 6) is -0.478. The van der Waals surface area contributed by atoms with E-state index in [-0.39, 0.29) is 10.6 Å². The summed E-state index contributed by atoms with van der Waals surface area (Å²) < 4.78 is 23.6. The van der Waals surface area contributed by atoms with E-state index in [1.165, 1.54) is 13.0 Å². The highest BCUT2D eigenvalue weighted by Gasteiger charge is 2.23. The van der Waals surface area contributed by atoms with E-state index < -0.39 is 15.0 Å². The van der Waals surface area contributed by atoms with Crippen LogP contribution < -0.4 is 4.42 Å². The molecule has 0 unspecified atom stereocenters. The largest absolute Gasteiger partial charge is 0.274 e. The molecule has 4 nitrogen and oxygen atoms in total. The van der Waals surface area contributed by atoms with Crippen molar-refractivity contribution in [3.05, 3.63) is 23.8 Å². The zero-order chi connectivity index (χ0) is 13.2. The van der Waals surface area contributed by atoms with Gasteiger partial charge in [0.2, 0.25) is 5.91 Å². The van der Waals surface area contributed by atoms with Gasteiger partial charge in [0.1, 0.15) is 4.90 Å². The maximum Gasteiger partial charge on any atom is 0.263 e. The molecule has 0 aliphatic carbocycles. The fourth-order valence-corrected chi connectivity index (χ4v) is 2.75. The highest BCUT2D eigenvalue weighted by Crippen LogP contribution is 2.33. The Morgan fingerprint density at radius 2 is 2.00 bits per heavy atom. The Kier molecular flexibility index (Phi) is 4.41. The third kappa shape index (κ3) is 3.12. The molecule has 1 amide bonds. The number of halogens is 2. The molecule has 1 aromatic rings. The van der Waals surface area contributed by atoms with Crippen LogP contribution in [0.4, 0.5) is 5.69 Å². The first-order valence-corrected chi connectivity index (χ1v) is 7.46. The number of anilines is 1. The zero-order valence-electron chi connectivity index (χ0n) is 9.28. The van der Waals surface area contributed by atoms with Gasteiger partial charge in [-0.3, -0.25) is 4.79 Å². The monoisotopic (exact) mass is 295 g/mol. The lowest BCUT2D eigenvalue weighted by molar-refractivity contribution is -0.115. The summed E-state index contributed by atoms with van der Waals surface area (Å²) in [7, 11) is 1.37. The Balaban J connectivity index is 3.58. The summed E-state index contributed by atoms with van der Waals surface area (Å²) in [5, 5.41) is 0. The van der Waals surface area contributed by atoms with Crippen LogP contribution in [0.3, 0.4) is 0 Å². The Hall–Kier alpha value is -0.780. The van der Waals surface area contributed by atoms with Gasteiger partial charge in [0.25, 0.3) is 9.05 Å². The first-order valence-electron chi connectivity index (χ1n) is 4.82. The fourth-order valence-electron chi connectivity index (χ4n) is 1.43. The third-order valence-electron chi connectivity index (χ3n) is 2.20. The molecule has 7 heteroatoms. The Morgan fingerprint density at radius 3 is 2.41 bits per heavy atom. The van der Waals surface area contributed by atoms with Crippen molar-refractivity contribution < 1.29 is 13.2 Å². The van der Waals surface area contributed by atoms with E-state index in [0.717, 1.165) is 4.42 Å². The summed E-state index contributed by atoms with van der Waals surface area (Å²) in [6, 6.07) is 4.57. The molecule has 0 aliphatic heterocycles. The molecule has 0 N–H and O–H groups in total. The second-order valence-electron chi connectivity index (χ2n) is 3.36. The maximum absolute atomic E-state index is 11.4. The molecule has 1 rings (SSSR count). The van der Waals surface area contributed by atoms with Gasteiger partial charge in [0, 0.05) is 29.4 Å². The van der Waals surface area contributed by atoms with Gasteiger partial charge in [0.05, 0.1) is 5.69 Å². The standard InChI is InChI=1S/C10H11Cl2NO3S/c1-3-8-5-4-6-9(17(12,15)16)10(8)13(11)7(2)14/h4-6H,3H2,1-2H3. The van der Waals surface area contributed by atoms with Crippen molar-refractivity contribution >= 4 is 43.1 Å². The van der Waals surface area contributed by atoms with E-state index in [9.17, 15) is 13.2 Å². The zero-order valence-corrected chi connectivity index (χ0v) is 11.6. The van der Waals surface area contributed by atoms with Gasteiger partial charge in [-0.15, -0.1) is 0 Å². The predicted molar refractivity (Wildman–Crippen MR) is 67.9 cm³/mol. The summed E-state index contributed by atoms with van der Waals surface area (Å²) in [5.41, 5.74) is 0.760. The molecule has 1 aromatic carbocycles. The lowest BCUT2D eigenvalue weighted by Gasteiger charge is -2.18. The molecule has 0 radical (unpaired) electrons. The quantitative estimate of drug-likeness (QED) is 0.636. The molecule has 0 saturated carbocycles. The summed E-state index contributed by atoms with van der Waals surface area (Å²) in [6.45, 7) is 3.07.